The van der Waals surface area contributed by atoms with Crippen LogP contribution in [0.2, 0.25) is 0 Å². The van der Waals surface area contributed by atoms with E-state index in [1.165, 1.54) is 0 Å². The number of hydrogen-bond acceptors (Lipinski definition) is 5. The molecule has 0 aromatic carbocycles. The van der Waals surface area contributed by atoms with Gasteiger partial charge in [0.25, 0.3) is 0 Å². The lowest BCUT2D eigenvalue weighted by Gasteiger charge is -2.38. The molecule has 0 bridgehead atoms. The summed E-state index contributed by atoms with van der Waals surface area (Å²) in [5, 5.41) is 12.6. The Hall–Kier alpha value is -2.41. The molecule has 1 fully saturated rings. The van der Waals surface area contributed by atoms with E-state index in [9.17, 15) is 9.90 Å². The van der Waals surface area contributed by atoms with Gasteiger partial charge in [0.15, 0.2) is 0 Å². The second-order valence-corrected chi connectivity index (χ2v) is 5.80. The first kappa shape index (κ1) is 15.5. The van der Waals surface area contributed by atoms with Gasteiger partial charge in [-0.3, -0.25) is 4.79 Å². The molecule has 0 spiro atoms. The van der Waals surface area contributed by atoms with E-state index < -0.39 is 0 Å². The minimum Gasteiger partial charge on any atom is -0.481 e. The van der Waals surface area contributed by atoms with Gasteiger partial charge in [0.2, 0.25) is 11.8 Å². The summed E-state index contributed by atoms with van der Waals surface area (Å²) in [6, 6.07) is 3.52. The van der Waals surface area contributed by atoms with Gasteiger partial charge in [-0.1, -0.05) is 6.07 Å². The van der Waals surface area contributed by atoms with E-state index in [1.807, 2.05) is 6.07 Å². The number of amides is 1. The first-order valence-electron chi connectivity index (χ1n) is 7.59. The fourth-order valence-corrected chi connectivity index (χ4v) is 2.84. The van der Waals surface area contributed by atoms with Gasteiger partial charge in [0.05, 0.1) is 25.6 Å². The van der Waals surface area contributed by atoms with Gasteiger partial charge < -0.3 is 19.7 Å². The summed E-state index contributed by atoms with van der Waals surface area (Å²) in [6.45, 7) is 0.218. The van der Waals surface area contributed by atoms with Gasteiger partial charge in [-0.05, 0) is 24.3 Å². The molecule has 1 atom stereocenters. The van der Waals surface area contributed by atoms with E-state index in [-0.39, 0.29) is 30.5 Å². The molecule has 2 aromatic rings. The van der Waals surface area contributed by atoms with E-state index in [0.717, 1.165) is 5.56 Å². The highest BCUT2D eigenvalue weighted by atomic mass is 16.5. The summed E-state index contributed by atoms with van der Waals surface area (Å²) >= 11 is 0. The number of nitrogens with zero attached hydrogens (tertiary/aromatic N) is 3. The number of aliphatic hydroxyl groups is 1. The summed E-state index contributed by atoms with van der Waals surface area (Å²) in [5.41, 5.74) is 0.918. The number of ether oxygens (including phenoxy) is 1. The standard InChI is InChI=1S/C16H20N4O3/c1-23-15-3-2-11(8-18-15)16(12-6-13(21)7-12)19-14(22)9-20-5-4-17-10-20/h2-5,8,10,12-13,16,21H,6-7,9H2,1H3,(H,19,22). The summed E-state index contributed by atoms with van der Waals surface area (Å²) in [7, 11) is 1.56. The maximum absolute atomic E-state index is 12.3. The second kappa shape index (κ2) is 6.78. The molecule has 1 saturated carbocycles. The molecule has 1 aliphatic carbocycles. The summed E-state index contributed by atoms with van der Waals surface area (Å²) in [5.74, 6) is 0.656. The highest BCUT2D eigenvalue weighted by Gasteiger charge is 2.35. The first-order valence-corrected chi connectivity index (χ1v) is 7.59. The number of rotatable bonds is 6. The van der Waals surface area contributed by atoms with Crippen molar-refractivity contribution in [3.8, 4) is 5.88 Å². The Kier molecular flexibility index (Phi) is 4.57. The fourth-order valence-electron chi connectivity index (χ4n) is 2.84. The van der Waals surface area contributed by atoms with Crippen LogP contribution in [0.3, 0.4) is 0 Å². The number of aliphatic hydroxyl groups excluding tert-OH is 1. The quantitative estimate of drug-likeness (QED) is 0.827. The Labute approximate surface area is 134 Å². The maximum atomic E-state index is 12.3. The van der Waals surface area contributed by atoms with Crippen LogP contribution in [0.15, 0.2) is 37.1 Å². The van der Waals surface area contributed by atoms with Gasteiger partial charge in [-0.2, -0.15) is 0 Å². The van der Waals surface area contributed by atoms with E-state index in [1.54, 1.807) is 42.7 Å². The third kappa shape index (κ3) is 3.68. The first-order chi connectivity index (χ1) is 11.2. The summed E-state index contributed by atoms with van der Waals surface area (Å²) < 4.78 is 6.79. The number of aromatic nitrogens is 3. The van der Waals surface area contributed by atoms with Crippen LogP contribution < -0.4 is 10.1 Å². The zero-order valence-electron chi connectivity index (χ0n) is 12.9. The molecule has 7 nitrogen and oxygen atoms in total. The van der Waals surface area contributed by atoms with Gasteiger partial charge in [0.1, 0.15) is 6.54 Å². The fraction of sp³-hybridized carbons (Fsp3) is 0.438. The van der Waals surface area contributed by atoms with E-state index in [4.69, 9.17) is 4.74 Å². The lowest BCUT2D eigenvalue weighted by molar-refractivity contribution is -0.123. The van der Waals surface area contributed by atoms with Crippen LogP contribution in [0.1, 0.15) is 24.4 Å². The summed E-state index contributed by atoms with van der Waals surface area (Å²) in [4.78, 5) is 20.4. The Bertz CT molecular complexity index is 636. The van der Waals surface area contributed by atoms with Gasteiger partial charge in [-0.25, -0.2) is 9.97 Å². The molecule has 0 radical (unpaired) electrons. The molecule has 2 heterocycles. The van der Waals surface area contributed by atoms with Gasteiger partial charge in [-0.15, -0.1) is 0 Å². The number of carbonyl (C=O) groups is 1. The third-order valence-electron chi connectivity index (χ3n) is 4.15. The second-order valence-electron chi connectivity index (χ2n) is 5.80. The molecule has 2 aromatic heterocycles. The lowest BCUT2D eigenvalue weighted by atomic mass is 9.75. The third-order valence-corrected chi connectivity index (χ3v) is 4.15. The Morgan fingerprint density at radius 3 is 2.91 bits per heavy atom. The van der Waals surface area contributed by atoms with Crippen LogP contribution >= 0.6 is 0 Å². The normalized spacial score (nSPS) is 21.3. The molecule has 23 heavy (non-hydrogen) atoms. The number of imidazole rings is 1. The average Bonchev–Trinajstić information content (AvgIpc) is 3.03. The van der Waals surface area contributed by atoms with Crippen molar-refractivity contribution in [2.24, 2.45) is 5.92 Å². The Morgan fingerprint density at radius 2 is 2.35 bits per heavy atom. The van der Waals surface area contributed by atoms with Crippen molar-refractivity contribution in [2.75, 3.05) is 7.11 Å². The van der Waals surface area contributed by atoms with Crippen molar-refractivity contribution in [1.29, 1.82) is 0 Å². The minimum atomic E-state index is -0.278. The Balaban J connectivity index is 1.71. The molecule has 2 N–H and O–H groups in total. The Morgan fingerprint density at radius 1 is 1.52 bits per heavy atom. The van der Waals surface area contributed by atoms with Crippen molar-refractivity contribution < 1.29 is 14.6 Å². The number of nitrogens with one attached hydrogen (secondary N) is 1. The maximum Gasteiger partial charge on any atom is 0.240 e. The van der Waals surface area contributed by atoms with Gasteiger partial charge >= 0.3 is 0 Å². The van der Waals surface area contributed by atoms with Crippen LogP contribution in [-0.4, -0.2) is 38.8 Å². The van der Waals surface area contributed by atoms with Crippen LogP contribution in [-0.2, 0) is 11.3 Å². The van der Waals surface area contributed by atoms with Crippen molar-refractivity contribution in [1.82, 2.24) is 19.9 Å². The van der Waals surface area contributed by atoms with Crippen LogP contribution in [0.25, 0.3) is 0 Å². The molecule has 1 unspecified atom stereocenters. The number of methoxy groups -OCH3 is 1. The monoisotopic (exact) mass is 316 g/mol. The smallest absolute Gasteiger partial charge is 0.240 e. The molecule has 0 aliphatic heterocycles. The molecule has 1 amide bonds. The zero-order valence-corrected chi connectivity index (χ0v) is 12.9. The molecular formula is C16H20N4O3. The van der Waals surface area contributed by atoms with Crippen LogP contribution in [0, 0.1) is 5.92 Å². The van der Waals surface area contributed by atoms with Gasteiger partial charge in [0, 0.05) is 24.7 Å². The van der Waals surface area contributed by atoms with Crippen molar-refractivity contribution in [3.05, 3.63) is 42.6 Å². The van der Waals surface area contributed by atoms with E-state index >= 15 is 0 Å². The van der Waals surface area contributed by atoms with Crippen molar-refractivity contribution in [2.45, 2.75) is 31.5 Å². The number of carbonyl (C=O) groups excluding carboxylic acids is 1. The average molecular weight is 316 g/mol. The van der Waals surface area contributed by atoms with E-state index in [2.05, 4.69) is 15.3 Å². The molecule has 0 saturated heterocycles. The van der Waals surface area contributed by atoms with Crippen molar-refractivity contribution >= 4 is 5.91 Å². The van der Waals surface area contributed by atoms with Crippen LogP contribution in [0.5, 0.6) is 5.88 Å². The molecule has 3 rings (SSSR count). The van der Waals surface area contributed by atoms with Crippen LogP contribution in [0.4, 0.5) is 0 Å². The topological polar surface area (TPSA) is 89.3 Å². The number of pyridine rings is 1. The predicted molar refractivity (Wildman–Crippen MR) is 82.6 cm³/mol. The molecule has 1 aliphatic rings. The lowest BCUT2D eigenvalue weighted by Crippen LogP contribution is -2.42. The SMILES string of the molecule is COc1ccc(C(NC(=O)Cn2ccnc2)C2CC(O)C2)cn1. The molecule has 7 heteroatoms. The number of hydrogen-bond donors (Lipinski definition) is 2. The molecule has 122 valence electrons. The van der Waals surface area contributed by atoms with E-state index in [0.29, 0.717) is 18.7 Å². The predicted octanol–water partition coefficient (Wildman–Crippen LogP) is 0.915. The zero-order chi connectivity index (χ0) is 16.2. The molecular weight excluding hydrogens is 296 g/mol. The largest absolute Gasteiger partial charge is 0.481 e. The highest BCUT2D eigenvalue weighted by molar-refractivity contribution is 5.76. The highest BCUT2D eigenvalue weighted by Crippen LogP contribution is 2.38. The summed E-state index contributed by atoms with van der Waals surface area (Å²) in [6.07, 6.45) is 7.79. The minimum absolute atomic E-state index is 0.0924. The van der Waals surface area contributed by atoms with Crippen molar-refractivity contribution in [3.63, 3.8) is 0 Å².